The van der Waals surface area contributed by atoms with Crippen molar-refractivity contribution in [3.63, 3.8) is 0 Å². The second-order valence-corrected chi connectivity index (χ2v) is 3.96. The molecule has 0 bridgehead atoms. The lowest BCUT2D eigenvalue weighted by Gasteiger charge is -2.25. The zero-order valence-electron chi connectivity index (χ0n) is 9.49. The normalized spacial score (nSPS) is 24.9. The minimum atomic E-state index is 0.101. The molecule has 0 saturated carbocycles. The fourth-order valence-corrected chi connectivity index (χ4v) is 2.04. The zero-order valence-corrected chi connectivity index (χ0v) is 9.49. The third kappa shape index (κ3) is 2.93. The van der Waals surface area contributed by atoms with E-state index < -0.39 is 0 Å². The third-order valence-corrected chi connectivity index (χ3v) is 3.03. The lowest BCUT2D eigenvalue weighted by Crippen LogP contribution is -2.40. The van der Waals surface area contributed by atoms with Crippen LogP contribution in [0, 0.1) is 17.2 Å². The highest BCUT2D eigenvalue weighted by atomic mass is 16.2. The van der Waals surface area contributed by atoms with Gasteiger partial charge in [-0.25, -0.2) is 0 Å². The summed E-state index contributed by atoms with van der Waals surface area (Å²) in [7, 11) is 0. The molecule has 1 heterocycles. The summed E-state index contributed by atoms with van der Waals surface area (Å²) in [5, 5.41) is 11.8. The maximum atomic E-state index is 12.1. The molecule has 4 nitrogen and oxygen atoms in total. The van der Waals surface area contributed by atoms with Gasteiger partial charge in [0.25, 0.3) is 0 Å². The highest BCUT2D eigenvalue weighted by Crippen LogP contribution is 2.18. The van der Waals surface area contributed by atoms with Gasteiger partial charge in [-0.15, -0.1) is 0 Å². The topological polar surface area (TPSA) is 56.1 Å². The Labute approximate surface area is 91.2 Å². The molecule has 0 aromatic heterocycles. The van der Waals surface area contributed by atoms with Crippen molar-refractivity contribution in [2.45, 2.75) is 32.7 Å². The van der Waals surface area contributed by atoms with Crippen LogP contribution in [0.4, 0.5) is 0 Å². The van der Waals surface area contributed by atoms with E-state index in [1.165, 1.54) is 0 Å². The predicted octanol–water partition coefficient (Wildman–Crippen LogP) is 0.747. The van der Waals surface area contributed by atoms with Crippen LogP contribution in [0.5, 0.6) is 0 Å². The van der Waals surface area contributed by atoms with Gasteiger partial charge in [-0.1, -0.05) is 0 Å². The maximum absolute atomic E-state index is 12.1. The first kappa shape index (κ1) is 12.0. The van der Waals surface area contributed by atoms with E-state index >= 15 is 0 Å². The smallest absolute Gasteiger partial charge is 0.227 e. The summed E-state index contributed by atoms with van der Waals surface area (Å²) in [6.07, 6.45) is 1.34. The number of nitrogens with one attached hydrogen (secondary N) is 1. The van der Waals surface area contributed by atoms with Gasteiger partial charge in [0, 0.05) is 19.1 Å². The van der Waals surface area contributed by atoms with E-state index in [4.69, 9.17) is 5.26 Å². The minimum absolute atomic E-state index is 0.101. The summed E-state index contributed by atoms with van der Waals surface area (Å²) in [6, 6.07) is 2.35. The largest absolute Gasteiger partial charge is 0.342 e. The fourth-order valence-electron chi connectivity index (χ4n) is 2.04. The molecule has 0 spiro atoms. The molecule has 2 atom stereocenters. The highest BCUT2D eigenvalue weighted by molar-refractivity contribution is 5.79. The van der Waals surface area contributed by atoms with Gasteiger partial charge in [-0.05, 0) is 26.8 Å². The van der Waals surface area contributed by atoms with Crippen molar-refractivity contribution in [2.75, 3.05) is 19.6 Å². The highest BCUT2D eigenvalue weighted by Gasteiger charge is 2.31. The first-order valence-corrected chi connectivity index (χ1v) is 5.59. The van der Waals surface area contributed by atoms with Crippen LogP contribution < -0.4 is 5.32 Å². The average molecular weight is 209 g/mol. The van der Waals surface area contributed by atoms with E-state index in [2.05, 4.69) is 11.4 Å². The Kier molecular flexibility index (Phi) is 4.57. The molecule has 2 unspecified atom stereocenters. The van der Waals surface area contributed by atoms with E-state index in [1.807, 2.05) is 13.8 Å². The lowest BCUT2D eigenvalue weighted by molar-refractivity contribution is -0.135. The molecule has 1 rings (SSSR count). The number of carbonyl (C=O) groups is 1. The summed E-state index contributed by atoms with van der Waals surface area (Å²) in [4.78, 5) is 13.9. The average Bonchev–Trinajstić information content (AvgIpc) is 2.65. The first-order valence-electron chi connectivity index (χ1n) is 5.59. The maximum Gasteiger partial charge on any atom is 0.227 e. The Bertz CT molecular complexity index is 259. The number of carbonyl (C=O) groups excluding carboxylic acids is 1. The van der Waals surface area contributed by atoms with Gasteiger partial charge in [0.15, 0.2) is 0 Å². The van der Waals surface area contributed by atoms with Crippen molar-refractivity contribution in [3.8, 4) is 6.07 Å². The molecule has 1 aliphatic rings. The van der Waals surface area contributed by atoms with Crippen LogP contribution in [-0.4, -0.2) is 36.5 Å². The van der Waals surface area contributed by atoms with Gasteiger partial charge in [0.1, 0.15) is 0 Å². The summed E-state index contributed by atoms with van der Waals surface area (Å²) < 4.78 is 0. The van der Waals surface area contributed by atoms with Crippen molar-refractivity contribution < 1.29 is 4.79 Å². The summed E-state index contributed by atoms with van der Waals surface area (Å²) in [6.45, 7) is 6.20. The van der Waals surface area contributed by atoms with Crippen LogP contribution in [0.1, 0.15) is 26.7 Å². The second-order valence-electron chi connectivity index (χ2n) is 3.96. The van der Waals surface area contributed by atoms with Gasteiger partial charge in [-0.3, -0.25) is 4.79 Å². The molecule has 0 aliphatic carbocycles. The van der Waals surface area contributed by atoms with E-state index in [1.54, 1.807) is 4.90 Å². The molecule has 4 heteroatoms. The fraction of sp³-hybridized carbons (Fsp3) is 0.818. The van der Waals surface area contributed by atoms with E-state index in [0.29, 0.717) is 19.5 Å². The molecule has 1 amide bonds. The monoisotopic (exact) mass is 209 g/mol. The Morgan fingerprint density at radius 3 is 2.87 bits per heavy atom. The number of hydrogen-bond donors (Lipinski definition) is 1. The zero-order chi connectivity index (χ0) is 11.3. The number of nitrogens with zero attached hydrogens (tertiary/aromatic N) is 2. The van der Waals surface area contributed by atoms with E-state index in [0.717, 1.165) is 13.0 Å². The molecule has 0 aromatic rings. The van der Waals surface area contributed by atoms with Crippen LogP contribution in [-0.2, 0) is 4.79 Å². The lowest BCUT2D eigenvalue weighted by atomic mass is 10.0. The first-order chi connectivity index (χ1) is 7.20. The number of hydrogen-bond acceptors (Lipinski definition) is 3. The van der Waals surface area contributed by atoms with E-state index in [-0.39, 0.29) is 17.9 Å². The summed E-state index contributed by atoms with van der Waals surface area (Å²) in [5.41, 5.74) is 0. The molecule has 1 saturated heterocycles. The van der Waals surface area contributed by atoms with Crippen molar-refractivity contribution >= 4 is 5.91 Å². The molecule has 1 aliphatic heterocycles. The van der Waals surface area contributed by atoms with Crippen LogP contribution in [0.15, 0.2) is 0 Å². The van der Waals surface area contributed by atoms with Crippen LogP contribution >= 0.6 is 0 Å². The predicted molar refractivity (Wildman–Crippen MR) is 58.1 cm³/mol. The molecular formula is C11H19N3O. The quantitative estimate of drug-likeness (QED) is 0.743. The number of amides is 1. The van der Waals surface area contributed by atoms with Crippen LogP contribution in [0.25, 0.3) is 0 Å². The standard InChI is InChI=1S/C11H19N3O/c1-3-14(8-4-6-12)11(15)10-5-7-13-9(10)2/h9-10,13H,3-5,7-8H2,1-2H3. The third-order valence-electron chi connectivity index (χ3n) is 3.03. The van der Waals surface area contributed by atoms with Gasteiger partial charge >= 0.3 is 0 Å². The molecule has 0 radical (unpaired) electrons. The molecule has 84 valence electrons. The molecular weight excluding hydrogens is 190 g/mol. The van der Waals surface area contributed by atoms with Gasteiger partial charge in [0.2, 0.25) is 5.91 Å². The van der Waals surface area contributed by atoms with Crippen LogP contribution in [0.2, 0.25) is 0 Å². The Morgan fingerprint density at radius 1 is 1.67 bits per heavy atom. The van der Waals surface area contributed by atoms with Crippen molar-refractivity contribution in [2.24, 2.45) is 5.92 Å². The minimum Gasteiger partial charge on any atom is -0.342 e. The number of rotatable bonds is 4. The van der Waals surface area contributed by atoms with Gasteiger partial charge < -0.3 is 10.2 Å². The molecule has 0 aromatic carbocycles. The number of nitriles is 1. The van der Waals surface area contributed by atoms with Gasteiger partial charge in [0.05, 0.1) is 18.4 Å². The molecule has 1 fully saturated rings. The Morgan fingerprint density at radius 2 is 2.40 bits per heavy atom. The van der Waals surface area contributed by atoms with E-state index in [9.17, 15) is 4.79 Å². The Balaban J connectivity index is 2.52. The van der Waals surface area contributed by atoms with Crippen LogP contribution in [0.3, 0.4) is 0 Å². The summed E-state index contributed by atoms with van der Waals surface area (Å²) >= 11 is 0. The van der Waals surface area contributed by atoms with Crippen molar-refractivity contribution in [1.82, 2.24) is 10.2 Å². The molecule has 1 N–H and O–H groups in total. The Hall–Kier alpha value is -1.08. The SMILES string of the molecule is CCN(CCC#N)C(=O)C1CCNC1C. The van der Waals surface area contributed by atoms with Crippen molar-refractivity contribution in [1.29, 1.82) is 5.26 Å². The summed E-state index contributed by atoms with van der Waals surface area (Å²) in [5.74, 6) is 0.300. The van der Waals surface area contributed by atoms with Gasteiger partial charge in [-0.2, -0.15) is 5.26 Å². The van der Waals surface area contributed by atoms with Crippen molar-refractivity contribution in [3.05, 3.63) is 0 Å². The molecule has 15 heavy (non-hydrogen) atoms. The second kappa shape index (κ2) is 5.72.